The number of alkyl halides is 3. The number of thiazole rings is 1. The smallest absolute Gasteiger partial charge is 0.357 e. The van der Waals surface area contributed by atoms with Gasteiger partial charge in [-0.15, -0.1) is 35.3 Å². The number of hydrogen-bond acceptors (Lipinski definition) is 3. The van der Waals surface area contributed by atoms with Crippen LogP contribution in [0.1, 0.15) is 38.4 Å². The predicted molar refractivity (Wildman–Crippen MR) is 95.1 cm³/mol. The summed E-state index contributed by atoms with van der Waals surface area (Å²) in [5.74, 6) is 0.651. The normalized spacial score (nSPS) is 12.8. The van der Waals surface area contributed by atoms with Crippen molar-refractivity contribution in [1.82, 2.24) is 15.6 Å². The molecule has 0 aliphatic carbocycles. The molecule has 1 aromatic heterocycles. The number of hydrogen-bond donors (Lipinski definition) is 2. The summed E-state index contributed by atoms with van der Waals surface area (Å²) in [5, 5.41) is 7.79. The number of nitrogens with one attached hydrogen (secondary N) is 2. The third-order valence-electron chi connectivity index (χ3n) is 2.28. The molecule has 0 unspecified atom stereocenters. The van der Waals surface area contributed by atoms with Crippen LogP contribution in [0, 0.1) is 0 Å². The second-order valence-corrected chi connectivity index (χ2v) is 6.45. The molecule has 0 bridgehead atoms. The molecule has 1 rings (SSSR count). The summed E-state index contributed by atoms with van der Waals surface area (Å²) in [6, 6.07) is 0. The van der Waals surface area contributed by atoms with Gasteiger partial charge in [0.2, 0.25) is 0 Å². The van der Waals surface area contributed by atoms with Gasteiger partial charge in [0.25, 0.3) is 0 Å². The summed E-state index contributed by atoms with van der Waals surface area (Å²) in [4.78, 5) is 7.93. The lowest BCUT2D eigenvalue weighted by Crippen LogP contribution is -2.47. The fourth-order valence-electron chi connectivity index (χ4n) is 1.48. The maximum Gasteiger partial charge on any atom is 0.434 e. The first-order valence-electron chi connectivity index (χ1n) is 6.70. The Hall–Kier alpha value is -0.580. The van der Waals surface area contributed by atoms with E-state index in [2.05, 4.69) is 20.6 Å². The minimum Gasteiger partial charge on any atom is -0.357 e. The molecule has 1 heterocycles. The molecule has 0 saturated carbocycles. The summed E-state index contributed by atoms with van der Waals surface area (Å²) < 4.78 is 37.3. The third-order valence-corrected chi connectivity index (χ3v) is 3.18. The summed E-state index contributed by atoms with van der Waals surface area (Å²) >= 11 is 1.01. The van der Waals surface area contributed by atoms with Crippen molar-refractivity contribution in [1.29, 1.82) is 0 Å². The average molecular weight is 450 g/mol. The van der Waals surface area contributed by atoms with Gasteiger partial charge in [-0.1, -0.05) is 0 Å². The number of nitrogens with zero attached hydrogens (tertiary/aromatic N) is 2. The van der Waals surface area contributed by atoms with Crippen molar-refractivity contribution in [2.45, 2.75) is 45.8 Å². The largest absolute Gasteiger partial charge is 0.434 e. The molecule has 128 valence electrons. The van der Waals surface area contributed by atoms with Crippen LogP contribution in [0.4, 0.5) is 13.2 Å². The number of aromatic nitrogens is 1. The van der Waals surface area contributed by atoms with Crippen molar-refractivity contribution in [2.24, 2.45) is 4.99 Å². The van der Waals surface area contributed by atoms with Crippen molar-refractivity contribution in [3.05, 3.63) is 16.1 Å². The third kappa shape index (κ3) is 8.16. The molecule has 0 saturated heterocycles. The average Bonchev–Trinajstić information content (AvgIpc) is 2.75. The van der Waals surface area contributed by atoms with Crippen molar-refractivity contribution < 1.29 is 13.2 Å². The van der Waals surface area contributed by atoms with Crippen LogP contribution >= 0.6 is 35.3 Å². The maximum atomic E-state index is 12.4. The molecule has 0 aliphatic heterocycles. The maximum absolute atomic E-state index is 12.4. The Morgan fingerprint density at radius 3 is 2.41 bits per heavy atom. The molecule has 4 nitrogen and oxygen atoms in total. The van der Waals surface area contributed by atoms with E-state index in [9.17, 15) is 13.2 Å². The standard InChI is InChI=1S/C13H21F3N4S.HI/c1-5-17-11(20-12(2,3)4)18-7-6-10-19-9(8-21-10)13(14,15)16;/h8H,5-7H2,1-4H3,(H2,17,18,20);1H. The quantitative estimate of drug-likeness (QED) is 0.418. The molecule has 0 radical (unpaired) electrons. The van der Waals surface area contributed by atoms with Gasteiger partial charge in [-0.25, -0.2) is 4.98 Å². The molecule has 0 amide bonds. The van der Waals surface area contributed by atoms with Crippen LogP contribution in [0.15, 0.2) is 10.4 Å². The molecular weight excluding hydrogens is 428 g/mol. The zero-order valence-corrected chi connectivity index (χ0v) is 16.2. The van der Waals surface area contributed by atoms with Crippen LogP contribution in [0.3, 0.4) is 0 Å². The Morgan fingerprint density at radius 1 is 1.32 bits per heavy atom. The lowest BCUT2D eigenvalue weighted by Gasteiger charge is -2.23. The second kappa shape index (κ2) is 8.90. The van der Waals surface area contributed by atoms with Crippen LogP contribution in [0.5, 0.6) is 0 Å². The van der Waals surface area contributed by atoms with Gasteiger partial charge in [0.1, 0.15) is 0 Å². The van der Waals surface area contributed by atoms with Crippen molar-refractivity contribution in [3.63, 3.8) is 0 Å². The highest BCUT2D eigenvalue weighted by Gasteiger charge is 2.33. The Kier molecular flexibility index (Phi) is 8.66. The lowest BCUT2D eigenvalue weighted by molar-refractivity contribution is -0.140. The molecule has 1 aromatic rings. The second-order valence-electron chi connectivity index (χ2n) is 5.51. The van der Waals surface area contributed by atoms with Crippen molar-refractivity contribution in [3.8, 4) is 0 Å². The monoisotopic (exact) mass is 450 g/mol. The summed E-state index contributed by atoms with van der Waals surface area (Å²) in [7, 11) is 0. The Bertz CT molecular complexity index is 480. The lowest BCUT2D eigenvalue weighted by atomic mass is 10.1. The fourth-order valence-corrected chi connectivity index (χ4v) is 2.28. The van der Waals surface area contributed by atoms with Gasteiger partial charge in [0.15, 0.2) is 11.7 Å². The summed E-state index contributed by atoms with van der Waals surface area (Å²) in [6.45, 7) is 9.09. The van der Waals surface area contributed by atoms with Gasteiger partial charge >= 0.3 is 6.18 Å². The van der Waals surface area contributed by atoms with E-state index in [0.29, 0.717) is 23.9 Å². The van der Waals surface area contributed by atoms with Crippen LogP contribution in [0.2, 0.25) is 0 Å². The van der Waals surface area contributed by atoms with E-state index >= 15 is 0 Å². The molecule has 22 heavy (non-hydrogen) atoms. The Labute approximate surface area is 150 Å². The highest BCUT2D eigenvalue weighted by Crippen LogP contribution is 2.30. The number of aliphatic imine (C=N–C) groups is 1. The molecule has 0 fully saturated rings. The Balaban J connectivity index is 0.00000441. The molecule has 2 N–H and O–H groups in total. The first-order valence-corrected chi connectivity index (χ1v) is 7.58. The van der Waals surface area contributed by atoms with Gasteiger partial charge in [-0.05, 0) is 27.7 Å². The number of guanidine groups is 1. The van der Waals surface area contributed by atoms with E-state index in [-0.39, 0.29) is 29.5 Å². The minimum atomic E-state index is -4.37. The van der Waals surface area contributed by atoms with Crippen LogP contribution in [-0.4, -0.2) is 29.6 Å². The topological polar surface area (TPSA) is 49.3 Å². The molecular formula is C13H22F3IN4S. The molecule has 0 aromatic carbocycles. The minimum absolute atomic E-state index is 0. The van der Waals surface area contributed by atoms with Crippen LogP contribution in [0.25, 0.3) is 0 Å². The van der Waals surface area contributed by atoms with Gasteiger partial charge < -0.3 is 10.6 Å². The van der Waals surface area contributed by atoms with Gasteiger partial charge in [0, 0.05) is 30.4 Å². The van der Waals surface area contributed by atoms with E-state index in [1.54, 1.807) is 0 Å². The van der Waals surface area contributed by atoms with Crippen LogP contribution < -0.4 is 10.6 Å². The highest BCUT2D eigenvalue weighted by molar-refractivity contribution is 14.0. The van der Waals surface area contributed by atoms with Gasteiger partial charge in [-0.3, -0.25) is 4.99 Å². The van der Waals surface area contributed by atoms with E-state index in [0.717, 1.165) is 23.3 Å². The fraction of sp³-hybridized carbons (Fsp3) is 0.692. The van der Waals surface area contributed by atoms with E-state index < -0.39 is 11.9 Å². The van der Waals surface area contributed by atoms with E-state index in [1.165, 1.54) is 0 Å². The SMILES string of the molecule is CCNC(=NCCc1nc(C(F)(F)F)cs1)NC(C)(C)C.I. The van der Waals surface area contributed by atoms with E-state index in [1.807, 2.05) is 27.7 Å². The summed E-state index contributed by atoms with van der Waals surface area (Å²) in [5.41, 5.74) is -0.961. The number of rotatable bonds is 4. The Morgan fingerprint density at radius 2 is 1.95 bits per heavy atom. The molecule has 0 atom stereocenters. The zero-order chi connectivity index (χ0) is 16.1. The van der Waals surface area contributed by atoms with E-state index in [4.69, 9.17) is 0 Å². The van der Waals surface area contributed by atoms with Crippen LogP contribution in [-0.2, 0) is 12.6 Å². The highest BCUT2D eigenvalue weighted by atomic mass is 127. The van der Waals surface area contributed by atoms with Gasteiger partial charge in [-0.2, -0.15) is 13.2 Å². The predicted octanol–water partition coefficient (Wildman–Crippen LogP) is 3.68. The number of halogens is 4. The zero-order valence-electron chi connectivity index (χ0n) is 13.0. The summed E-state index contributed by atoms with van der Waals surface area (Å²) in [6.07, 6.45) is -3.98. The van der Waals surface area contributed by atoms with Crippen molar-refractivity contribution >= 4 is 41.3 Å². The molecule has 0 spiro atoms. The van der Waals surface area contributed by atoms with Crippen molar-refractivity contribution in [2.75, 3.05) is 13.1 Å². The molecule has 0 aliphatic rings. The van der Waals surface area contributed by atoms with Gasteiger partial charge in [0.05, 0.1) is 5.01 Å². The first-order chi connectivity index (χ1) is 9.62. The first kappa shape index (κ1) is 21.4. The molecule has 9 heteroatoms.